The number of carbonyl (C=O) groups is 1. The van der Waals surface area contributed by atoms with Gasteiger partial charge in [-0.1, -0.05) is 24.3 Å². The predicted molar refractivity (Wildman–Crippen MR) is 88.9 cm³/mol. The van der Waals surface area contributed by atoms with Crippen molar-refractivity contribution in [2.45, 2.75) is 25.4 Å². The first kappa shape index (κ1) is 15.6. The minimum absolute atomic E-state index is 0.134. The lowest BCUT2D eigenvalue weighted by molar-refractivity contribution is 0.0694. The quantitative estimate of drug-likeness (QED) is 0.906. The first-order chi connectivity index (χ1) is 11.3. The second-order valence-electron chi connectivity index (χ2n) is 5.66. The maximum absolute atomic E-state index is 12.6. The van der Waals surface area contributed by atoms with Crippen molar-refractivity contribution < 1.29 is 9.53 Å². The number of hydrogen-bond acceptors (Lipinski definition) is 4. The number of aromatic nitrogens is 1. The van der Waals surface area contributed by atoms with Gasteiger partial charge in [-0.15, -0.1) is 0 Å². The molecule has 1 aliphatic heterocycles. The van der Waals surface area contributed by atoms with Crippen LogP contribution in [0.4, 0.5) is 0 Å². The van der Waals surface area contributed by atoms with Crippen molar-refractivity contribution in [3.05, 3.63) is 53.9 Å². The van der Waals surface area contributed by atoms with E-state index in [0.29, 0.717) is 25.5 Å². The Bertz CT molecular complexity index is 681. The van der Waals surface area contributed by atoms with Crippen molar-refractivity contribution in [1.82, 2.24) is 10.3 Å². The number of rotatable bonds is 4. The fourth-order valence-electron chi connectivity index (χ4n) is 2.78. The SMILES string of the molecule is NCc1cccc(-c2cccnc2C(=O)NC2CCOCC2)c1. The van der Waals surface area contributed by atoms with Crippen LogP contribution in [0.1, 0.15) is 28.9 Å². The van der Waals surface area contributed by atoms with Crippen molar-refractivity contribution in [3.8, 4) is 11.1 Å². The van der Waals surface area contributed by atoms with E-state index in [-0.39, 0.29) is 11.9 Å². The summed E-state index contributed by atoms with van der Waals surface area (Å²) in [6.45, 7) is 1.86. The van der Waals surface area contributed by atoms with Crippen LogP contribution in [-0.4, -0.2) is 30.1 Å². The van der Waals surface area contributed by atoms with Crippen molar-refractivity contribution in [2.24, 2.45) is 5.73 Å². The molecule has 3 rings (SSSR count). The van der Waals surface area contributed by atoms with Crippen LogP contribution >= 0.6 is 0 Å². The predicted octanol–water partition coefficient (Wildman–Crippen LogP) is 2.12. The van der Waals surface area contributed by atoms with Crippen LogP contribution in [0.3, 0.4) is 0 Å². The van der Waals surface area contributed by atoms with E-state index < -0.39 is 0 Å². The third kappa shape index (κ3) is 3.75. The zero-order valence-electron chi connectivity index (χ0n) is 13.0. The standard InChI is InChI=1S/C18H21N3O2/c19-12-13-3-1-4-14(11-13)16-5-2-8-20-17(16)18(22)21-15-6-9-23-10-7-15/h1-5,8,11,15H,6-7,9-10,12,19H2,(H,21,22). The topological polar surface area (TPSA) is 77.2 Å². The van der Waals surface area contributed by atoms with E-state index in [2.05, 4.69) is 10.3 Å². The molecule has 0 unspecified atom stereocenters. The maximum atomic E-state index is 12.6. The Kier molecular flexibility index (Phi) is 5.00. The van der Waals surface area contributed by atoms with Crippen molar-refractivity contribution in [3.63, 3.8) is 0 Å². The molecule has 23 heavy (non-hydrogen) atoms. The first-order valence-corrected chi connectivity index (χ1v) is 7.91. The van der Waals surface area contributed by atoms with E-state index in [9.17, 15) is 4.79 Å². The zero-order valence-corrected chi connectivity index (χ0v) is 13.0. The van der Waals surface area contributed by atoms with Gasteiger partial charge in [0.2, 0.25) is 0 Å². The van der Waals surface area contributed by atoms with E-state index in [0.717, 1.165) is 29.5 Å². The summed E-state index contributed by atoms with van der Waals surface area (Å²) in [5.74, 6) is -0.134. The van der Waals surface area contributed by atoms with E-state index in [4.69, 9.17) is 10.5 Å². The molecule has 1 saturated heterocycles. The zero-order chi connectivity index (χ0) is 16.1. The molecule has 3 N–H and O–H groups in total. The summed E-state index contributed by atoms with van der Waals surface area (Å²) in [6, 6.07) is 11.8. The summed E-state index contributed by atoms with van der Waals surface area (Å²) in [4.78, 5) is 16.9. The Labute approximate surface area is 135 Å². The number of nitrogens with one attached hydrogen (secondary N) is 1. The molecule has 1 amide bonds. The van der Waals surface area contributed by atoms with Gasteiger partial charge >= 0.3 is 0 Å². The van der Waals surface area contributed by atoms with Crippen molar-refractivity contribution >= 4 is 5.91 Å². The summed E-state index contributed by atoms with van der Waals surface area (Å²) < 4.78 is 5.33. The molecular formula is C18H21N3O2. The molecule has 1 aliphatic rings. The Morgan fingerprint density at radius 1 is 1.26 bits per heavy atom. The van der Waals surface area contributed by atoms with Crippen molar-refractivity contribution in [1.29, 1.82) is 0 Å². The van der Waals surface area contributed by atoms with Crippen LogP contribution in [0, 0.1) is 0 Å². The molecule has 2 heterocycles. The number of pyridine rings is 1. The molecule has 0 bridgehead atoms. The van der Waals surface area contributed by atoms with Gasteiger partial charge in [-0.25, -0.2) is 0 Å². The number of ether oxygens (including phenoxy) is 1. The Hall–Kier alpha value is -2.24. The maximum Gasteiger partial charge on any atom is 0.270 e. The van der Waals surface area contributed by atoms with E-state index >= 15 is 0 Å². The number of nitrogens with two attached hydrogens (primary N) is 1. The summed E-state index contributed by atoms with van der Waals surface area (Å²) in [5.41, 5.74) is 8.98. The van der Waals surface area contributed by atoms with Gasteiger partial charge in [0.05, 0.1) is 0 Å². The minimum atomic E-state index is -0.134. The number of benzene rings is 1. The van der Waals surface area contributed by atoms with Gasteiger partial charge in [-0.2, -0.15) is 0 Å². The van der Waals surface area contributed by atoms with Crippen LogP contribution in [0.15, 0.2) is 42.6 Å². The molecule has 1 aromatic heterocycles. The highest BCUT2D eigenvalue weighted by Gasteiger charge is 2.20. The second-order valence-corrected chi connectivity index (χ2v) is 5.66. The number of amides is 1. The molecule has 1 aromatic carbocycles. The van der Waals surface area contributed by atoms with Crippen molar-refractivity contribution in [2.75, 3.05) is 13.2 Å². The lowest BCUT2D eigenvalue weighted by atomic mass is 10.0. The summed E-state index contributed by atoms with van der Waals surface area (Å²) in [5, 5.41) is 3.07. The number of carbonyl (C=O) groups excluding carboxylic acids is 1. The first-order valence-electron chi connectivity index (χ1n) is 7.91. The highest BCUT2D eigenvalue weighted by molar-refractivity contribution is 5.99. The van der Waals surface area contributed by atoms with Crippen LogP contribution in [-0.2, 0) is 11.3 Å². The monoisotopic (exact) mass is 311 g/mol. The van der Waals surface area contributed by atoms with E-state index in [1.807, 2.05) is 36.4 Å². The lowest BCUT2D eigenvalue weighted by Gasteiger charge is -2.23. The molecule has 0 atom stereocenters. The largest absolute Gasteiger partial charge is 0.381 e. The highest BCUT2D eigenvalue weighted by Crippen LogP contribution is 2.23. The average Bonchev–Trinajstić information content (AvgIpc) is 2.62. The molecule has 120 valence electrons. The van der Waals surface area contributed by atoms with Gasteiger partial charge < -0.3 is 15.8 Å². The van der Waals surface area contributed by atoms with Gasteiger partial charge in [0.15, 0.2) is 0 Å². The summed E-state index contributed by atoms with van der Waals surface area (Å²) >= 11 is 0. The molecule has 0 aliphatic carbocycles. The molecule has 5 nitrogen and oxygen atoms in total. The normalized spacial score (nSPS) is 15.3. The fraction of sp³-hybridized carbons (Fsp3) is 0.333. The van der Waals surface area contributed by atoms with Crippen LogP contribution < -0.4 is 11.1 Å². The Morgan fingerprint density at radius 2 is 2.09 bits per heavy atom. The van der Waals surface area contributed by atoms with Gasteiger partial charge in [-0.3, -0.25) is 9.78 Å². The Morgan fingerprint density at radius 3 is 2.87 bits per heavy atom. The summed E-state index contributed by atoms with van der Waals surface area (Å²) in [7, 11) is 0. The van der Waals surface area contributed by atoms with Gasteiger partial charge in [-0.05, 0) is 36.1 Å². The molecule has 5 heteroatoms. The molecule has 1 fully saturated rings. The number of hydrogen-bond donors (Lipinski definition) is 2. The third-order valence-electron chi connectivity index (χ3n) is 4.05. The molecule has 2 aromatic rings. The van der Waals surface area contributed by atoms with Crippen LogP contribution in [0.25, 0.3) is 11.1 Å². The molecular weight excluding hydrogens is 290 g/mol. The highest BCUT2D eigenvalue weighted by atomic mass is 16.5. The van der Waals surface area contributed by atoms with Gasteiger partial charge in [0.1, 0.15) is 5.69 Å². The lowest BCUT2D eigenvalue weighted by Crippen LogP contribution is -2.39. The van der Waals surface area contributed by atoms with Crippen LogP contribution in [0.2, 0.25) is 0 Å². The summed E-state index contributed by atoms with van der Waals surface area (Å²) in [6.07, 6.45) is 3.34. The van der Waals surface area contributed by atoms with Gasteiger partial charge in [0.25, 0.3) is 5.91 Å². The van der Waals surface area contributed by atoms with Crippen LogP contribution in [0.5, 0.6) is 0 Å². The minimum Gasteiger partial charge on any atom is -0.381 e. The molecule has 0 spiro atoms. The Balaban J connectivity index is 1.86. The van der Waals surface area contributed by atoms with E-state index in [1.54, 1.807) is 6.20 Å². The molecule has 0 radical (unpaired) electrons. The fourth-order valence-corrected chi connectivity index (χ4v) is 2.78. The third-order valence-corrected chi connectivity index (χ3v) is 4.05. The number of nitrogens with zero attached hydrogens (tertiary/aromatic N) is 1. The molecule has 0 saturated carbocycles. The van der Waals surface area contributed by atoms with E-state index in [1.165, 1.54) is 0 Å². The average molecular weight is 311 g/mol. The second kappa shape index (κ2) is 7.35. The smallest absolute Gasteiger partial charge is 0.270 e. The van der Waals surface area contributed by atoms with Gasteiger partial charge in [0, 0.05) is 37.6 Å².